The van der Waals surface area contributed by atoms with Crippen LogP contribution < -0.4 is 4.74 Å². The van der Waals surface area contributed by atoms with E-state index in [1.54, 1.807) is 26.0 Å². The summed E-state index contributed by atoms with van der Waals surface area (Å²) in [5.74, 6) is 0.536. The molecule has 1 aromatic carbocycles. The monoisotopic (exact) mass is 236 g/mol. The summed E-state index contributed by atoms with van der Waals surface area (Å²) < 4.78 is 10.8. The third-order valence-electron chi connectivity index (χ3n) is 2.55. The molecule has 3 nitrogen and oxygen atoms in total. The third-order valence-corrected chi connectivity index (χ3v) is 2.55. The van der Waals surface area contributed by atoms with E-state index in [2.05, 4.69) is 0 Å². The first kappa shape index (κ1) is 13.7. The number of ether oxygens (including phenoxy) is 2. The van der Waals surface area contributed by atoms with Crippen molar-refractivity contribution in [1.82, 2.24) is 0 Å². The van der Waals surface area contributed by atoms with Crippen molar-refractivity contribution in [1.29, 1.82) is 0 Å². The Morgan fingerprint density at radius 3 is 2.35 bits per heavy atom. The van der Waals surface area contributed by atoms with Gasteiger partial charge in [0.1, 0.15) is 11.4 Å². The molecule has 94 valence electrons. The van der Waals surface area contributed by atoms with E-state index in [4.69, 9.17) is 9.47 Å². The molecule has 0 bridgehead atoms. The van der Waals surface area contributed by atoms with Crippen molar-refractivity contribution in [3.8, 4) is 5.75 Å². The molecule has 0 saturated heterocycles. The molecule has 0 atom stereocenters. The highest BCUT2D eigenvalue weighted by atomic mass is 16.5. The Morgan fingerprint density at radius 2 is 1.82 bits per heavy atom. The van der Waals surface area contributed by atoms with Crippen LogP contribution in [0.4, 0.5) is 0 Å². The Labute approximate surface area is 103 Å². The number of benzene rings is 1. The fourth-order valence-electron chi connectivity index (χ4n) is 1.43. The maximum absolute atomic E-state index is 12.3. The number of hydrogen-bond acceptors (Lipinski definition) is 3. The molecule has 0 spiro atoms. The second-order valence-corrected chi connectivity index (χ2v) is 4.71. The number of carbonyl (C=O) groups is 1. The number of methoxy groups -OCH3 is 1. The summed E-state index contributed by atoms with van der Waals surface area (Å²) in [7, 11) is 1.53. The van der Waals surface area contributed by atoms with Crippen molar-refractivity contribution in [3.05, 3.63) is 29.8 Å². The summed E-state index contributed by atoms with van der Waals surface area (Å²) in [5.41, 5.74) is -0.274. The number of para-hydroxylation sites is 1. The predicted molar refractivity (Wildman–Crippen MR) is 67.6 cm³/mol. The average Bonchev–Trinajstić information content (AvgIpc) is 2.28. The lowest BCUT2D eigenvalue weighted by atomic mass is 9.96. The van der Waals surface area contributed by atoms with Gasteiger partial charge < -0.3 is 9.47 Å². The quantitative estimate of drug-likeness (QED) is 0.737. The van der Waals surface area contributed by atoms with Gasteiger partial charge in [-0.1, -0.05) is 12.1 Å². The average molecular weight is 236 g/mol. The molecule has 0 aliphatic rings. The minimum Gasteiger partial charge on any atom is -0.490 e. The Morgan fingerprint density at radius 1 is 1.24 bits per heavy atom. The Hall–Kier alpha value is -1.35. The number of ketones is 1. The molecule has 0 saturated carbocycles. The van der Waals surface area contributed by atoms with E-state index in [1.165, 1.54) is 7.11 Å². The molecule has 0 amide bonds. The first-order valence-electron chi connectivity index (χ1n) is 5.74. The summed E-state index contributed by atoms with van der Waals surface area (Å²) >= 11 is 0. The highest BCUT2D eigenvalue weighted by Gasteiger charge is 2.30. The number of rotatable bonds is 5. The fourth-order valence-corrected chi connectivity index (χ4v) is 1.43. The molecular weight excluding hydrogens is 216 g/mol. The maximum atomic E-state index is 12.3. The van der Waals surface area contributed by atoms with Crippen LogP contribution in [0.3, 0.4) is 0 Å². The molecule has 0 fully saturated rings. The second kappa shape index (κ2) is 5.32. The zero-order chi connectivity index (χ0) is 13.1. The minimum atomic E-state index is -0.837. The standard InChI is InChI=1S/C14H20O3/c1-10(2)17-12-9-7-6-8-11(12)13(15)14(3,4)16-5/h6-10H,1-5H3. The summed E-state index contributed by atoms with van der Waals surface area (Å²) in [6.45, 7) is 7.37. The second-order valence-electron chi connectivity index (χ2n) is 4.71. The van der Waals surface area contributed by atoms with Gasteiger partial charge in [-0.3, -0.25) is 4.79 Å². The van der Waals surface area contributed by atoms with Gasteiger partial charge in [-0.2, -0.15) is 0 Å². The molecule has 1 rings (SSSR count). The van der Waals surface area contributed by atoms with Crippen molar-refractivity contribution < 1.29 is 14.3 Å². The van der Waals surface area contributed by atoms with E-state index >= 15 is 0 Å². The van der Waals surface area contributed by atoms with Gasteiger partial charge in [0, 0.05) is 7.11 Å². The first-order valence-corrected chi connectivity index (χ1v) is 5.74. The minimum absolute atomic E-state index is 0.0367. The molecule has 0 aromatic heterocycles. The lowest BCUT2D eigenvalue weighted by Gasteiger charge is -2.23. The predicted octanol–water partition coefficient (Wildman–Crippen LogP) is 3.08. The van der Waals surface area contributed by atoms with Crippen LogP contribution in [0.25, 0.3) is 0 Å². The van der Waals surface area contributed by atoms with Crippen LogP contribution in [0.15, 0.2) is 24.3 Å². The molecule has 0 N–H and O–H groups in total. The van der Waals surface area contributed by atoms with Crippen LogP contribution in [-0.2, 0) is 4.74 Å². The van der Waals surface area contributed by atoms with Crippen LogP contribution in [0.5, 0.6) is 5.75 Å². The smallest absolute Gasteiger partial charge is 0.197 e. The molecule has 0 aliphatic heterocycles. The lowest BCUT2D eigenvalue weighted by molar-refractivity contribution is 0.0224. The normalized spacial score (nSPS) is 11.6. The van der Waals surface area contributed by atoms with Crippen LogP contribution in [-0.4, -0.2) is 24.6 Å². The largest absolute Gasteiger partial charge is 0.490 e. The molecule has 3 heteroatoms. The number of hydrogen-bond donors (Lipinski definition) is 0. The van der Waals surface area contributed by atoms with E-state index in [1.807, 2.05) is 26.0 Å². The third kappa shape index (κ3) is 3.30. The van der Waals surface area contributed by atoms with Crippen molar-refractivity contribution in [2.45, 2.75) is 39.4 Å². The summed E-state index contributed by atoms with van der Waals surface area (Å²) in [6.07, 6.45) is 0.0367. The van der Waals surface area contributed by atoms with E-state index in [0.29, 0.717) is 11.3 Å². The van der Waals surface area contributed by atoms with Gasteiger partial charge in [-0.05, 0) is 39.8 Å². The van der Waals surface area contributed by atoms with Crippen molar-refractivity contribution in [2.24, 2.45) is 0 Å². The molecule has 0 aliphatic carbocycles. The summed E-state index contributed by atoms with van der Waals surface area (Å²) in [5, 5.41) is 0. The molecular formula is C14H20O3. The van der Waals surface area contributed by atoms with Crippen LogP contribution in [0.2, 0.25) is 0 Å². The zero-order valence-corrected chi connectivity index (χ0v) is 11.1. The van der Waals surface area contributed by atoms with Crippen molar-refractivity contribution in [2.75, 3.05) is 7.11 Å². The fraction of sp³-hybridized carbons (Fsp3) is 0.500. The van der Waals surface area contributed by atoms with E-state index in [0.717, 1.165) is 0 Å². The molecule has 0 unspecified atom stereocenters. The van der Waals surface area contributed by atoms with Gasteiger partial charge in [0.25, 0.3) is 0 Å². The zero-order valence-electron chi connectivity index (χ0n) is 11.1. The van der Waals surface area contributed by atoms with Gasteiger partial charge in [0.2, 0.25) is 0 Å². The Kier molecular flexibility index (Phi) is 4.29. The van der Waals surface area contributed by atoms with Gasteiger partial charge in [0.05, 0.1) is 11.7 Å². The lowest BCUT2D eigenvalue weighted by Crippen LogP contribution is -2.34. The summed E-state index contributed by atoms with van der Waals surface area (Å²) in [4.78, 5) is 12.3. The molecule has 0 radical (unpaired) electrons. The number of Topliss-reactive ketones (excluding diaryl/α,β-unsaturated/α-hetero) is 1. The Balaban J connectivity index is 3.09. The maximum Gasteiger partial charge on any atom is 0.197 e. The highest BCUT2D eigenvalue weighted by molar-refractivity contribution is 6.04. The van der Waals surface area contributed by atoms with Crippen LogP contribution >= 0.6 is 0 Å². The van der Waals surface area contributed by atoms with Gasteiger partial charge in [-0.25, -0.2) is 0 Å². The summed E-state index contributed by atoms with van der Waals surface area (Å²) in [6, 6.07) is 7.25. The number of carbonyl (C=O) groups excluding carboxylic acids is 1. The highest BCUT2D eigenvalue weighted by Crippen LogP contribution is 2.25. The Bertz CT molecular complexity index is 394. The van der Waals surface area contributed by atoms with E-state index in [-0.39, 0.29) is 11.9 Å². The molecule has 0 heterocycles. The van der Waals surface area contributed by atoms with Crippen LogP contribution in [0, 0.1) is 0 Å². The van der Waals surface area contributed by atoms with Crippen molar-refractivity contribution in [3.63, 3.8) is 0 Å². The van der Waals surface area contributed by atoms with E-state index in [9.17, 15) is 4.79 Å². The first-order chi connectivity index (χ1) is 7.88. The molecule has 17 heavy (non-hydrogen) atoms. The van der Waals surface area contributed by atoms with Gasteiger partial charge in [0.15, 0.2) is 5.78 Å². The van der Waals surface area contributed by atoms with Gasteiger partial charge in [-0.15, -0.1) is 0 Å². The SMILES string of the molecule is COC(C)(C)C(=O)c1ccccc1OC(C)C. The topological polar surface area (TPSA) is 35.5 Å². The van der Waals surface area contributed by atoms with Crippen molar-refractivity contribution >= 4 is 5.78 Å². The van der Waals surface area contributed by atoms with Gasteiger partial charge >= 0.3 is 0 Å². The van der Waals surface area contributed by atoms with E-state index < -0.39 is 5.60 Å². The van der Waals surface area contributed by atoms with Crippen LogP contribution in [0.1, 0.15) is 38.1 Å². The molecule has 1 aromatic rings.